The van der Waals surface area contributed by atoms with Crippen molar-refractivity contribution in [3.05, 3.63) is 23.3 Å². The van der Waals surface area contributed by atoms with Crippen molar-refractivity contribution in [2.45, 2.75) is 39.2 Å². The summed E-state index contributed by atoms with van der Waals surface area (Å²) in [5.41, 5.74) is 1.51. The second-order valence-corrected chi connectivity index (χ2v) is 5.40. The maximum Gasteiger partial charge on any atom is 0.307 e. The first-order valence-corrected chi connectivity index (χ1v) is 7.40. The van der Waals surface area contributed by atoms with Gasteiger partial charge in [-0.2, -0.15) is 0 Å². The maximum atomic E-state index is 11.8. The number of fused-ring (bicyclic) bond motifs is 1. The molecule has 0 aliphatic carbocycles. The highest BCUT2D eigenvalue weighted by atomic mass is 16.5. The average Bonchev–Trinajstić information content (AvgIpc) is 2.41. The molecule has 1 aromatic rings. The van der Waals surface area contributed by atoms with Crippen molar-refractivity contribution in [1.82, 2.24) is 5.32 Å². The van der Waals surface area contributed by atoms with Crippen LogP contribution in [0.15, 0.2) is 12.1 Å². The Kier molecular flexibility index (Phi) is 4.73. The number of benzene rings is 1. The summed E-state index contributed by atoms with van der Waals surface area (Å²) in [5.74, 6) is 0.361. The van der Waals surface area contributed by atoms with E-state index < -0.39 is 5.54 Å². The molecule has 0 spiro atoms. The van der Waals surface area contributed by atoms with E-state index in [1.54, 1.807) is 13.0 Å². The molecular weight excluding hydrogens is 270 g/mol. The summed E-state index contributed by atoms with van der Waals surface area (Å²) in [4.78, 5) is 11.8. The summed E-state index contributed by atoms with van der Waals surface area (Å²) >= 11 is 0. The van der Waals surface area contributed by atoms with Gasteiger partial charge in [0.15, 0.2) is 11.5 Å². The molecule has 0 aromatic heterocycles. The van der Waals surface area contributed by atoms with Crippen LogP contribution in [0.25, 0.3) is 0 Å². The number of carbonyl (C=O) groups is 1. The Morgan fingerprint density at radius 3 is 2.81 bits per heavy atom. The molecule has 1 aromatic carbocycles. The molecule has 0 fully saturated rings. The van der Waals surface area contributed by atoms with E-state index in [1.165, 1.54) is 0 Å². The molecule has 1 atom stereocenters. The predicted octanol–water partition coefficient (Wildman–Crippen LogP) is 2.11. The molecule has 116 valence electrons. The number of esters is 1. The molecule has 0 saturated carbocycles. The van der Waals surface area contributed by atoms with Crippen molar-refractivity contribution in [2.75, 3.05) is 19.8 Å². The van der Waals surface area contributed by atoms with Gasteiger partial charge in [-0.25, -0.2) is 0 Å². The first-order valence-electron chi connectivity index (χ1n) is 7.40. The van der Waals surface area contributed by atoms with Gasteiger partial charge in [0.25, 0.3) is 0 Å². The smallest absolute Gasteiger partial charge is 0.307 e. The molecular formula is C16H23NO4. The van der Waals surface area contributed by atoms with Gasteiger partial charge >= 0.3 is 5.97 Å². The number of rotatable bonds is 5. The van der Waals surface area contributed by atoms with Gasteiger partial charge in [-0.15, -0.1) is 0 Å². The summed E-state index contributed by atoms with van der Waals surface area (Å²) in [5, 5.41) is 13.5. The second-order valence-electron chi connectivity index (χ2n) is 5.40. The zero-order valence-electron chi connectivity index (χ0n) is 12.9. The van der Waals surface area contributed by atoms with Crippen LogP contribution in [-0.4, -0.2) is 30.8 Å². The predicted molar refractivity (Wildman–Crippen MR) is 79.6 cm³/mol. The van der Waals surface area contributed by atoms with Crippen molar-refractivity contribution in [3.63, 3.8) is 0 Å². The van der Waals surface area contributed by atoms with Gasteiger partial charge in [0.1, 0.15) is 0 Å². The van der Waals surface area contributed by atoms with Crippen LogP contribution in [0.5, 0.6) is 11.5 Å². The third kappa shape index (κ3) is 3.29. The van der Waals surface area contributed by atoms with Gasteiger partial charge in [0.2, 0.25) is 0 Å². The van der Waals surface area contributed by atoms with E-state index >= 15 is 0 Å². The van der Waals surface area contributed by atoms with Gasteiger partial charge in [-0.05, 0) is 50.5 Å². The fourth-order valence-electron chi connectivity index (χ4n) is 2.83. The average molecular weight is 293 g/mol. The van der Waals surface area contributed by atoms with Crippen LogP contribution in [0, 0.1) is 0 Å². The Morgan fingerprint density at radius 2 is 2.14 bits per heavy atom. The molecule has 0 radical (unpaired) electrons. The van der Waals surface area contributed by atoms with E-state index in [-0.39, 0.29) is 18.1 Å². The zero-order valence-corrected chi connectivity index (χ0v) is 12.9. The Morgan fingerprint density at radius 1 is 1.38 bits per heavy atom. The number of phenolic OH excluding ortho intramolecular Hbond substituents is 1. The van der Waals surface area contributed by atoms with E-state index in [2.05, 4.69) is 5.32 Å². The molecule has 1 unspecified atom stereocenters. The fraction of sp³-hybridized carbons (Fsp3) is 0.562. The Hall–Kier alpha value is -1.75. The number of hydrogen-bond donors (Lipinski definition) is 2. The first kappa shape index (κ1) is 15.6. The molecule has 0 bridgehead atoms. The summed E-state index contributed by atoms with van der Waals surface area (Å²) in [6.07, 6.45) is 1.08. The molecule has 0 amide bonds. The highest BCUT2D eigenvalue weighted by molar-refractivity contribution is 5.72. The molecule has 1 aliphatic heterocycles. The van der Waals surface area contributed by atoms with Crippen LogP contribution in [0.3, 0.4) is 0 Å². The summed E-state index contributed by atoms with van der Waals surface area (Å²) in [7, 11) is 0. The van der Waals surface area contributed by atoms with Crippen molar-refractivity contribution >= 4 is 5.97 Å². The normalized spacial score (nSPS) is 20.7. The minimum atomic E-state index is -0.526. The number of aromatic hydroxyl groups is 1. The van der Waals surface area contributed by atoms with Crippen molar-refractivity contribution < 1.29 is 19.4 Å². The van der Waals surface area contributed by atoms with Crippen molar-refractivity contribution in [3.8, 4) is 11.5 Å². The molecule has 5 heteroatoms. The van der Waals surface area contributed by atoms with Gasteiger partial charge in [0, 0.05) is 6.54 Å². The van der Waals surface area contributed by atoms with Gasteiger partial charge in [0.05, 0.1) is 25.2 Å². The largest absolute Gasteiger partial charge is 0.504 e. The number of carbonyl (C=O) groups excluding carboxylic acids is 1. The second kappa shape index (κ2) is 6.35. The molecule has 2 rings (SSSR count). The molecule has 21 heavy (non-hydrogen) atoms. The molecule has 0 saturated heterocycles. The maximum absolute atomic E-state index is 11.8. The standard InChI is InChI=1S/C16H23NO4/c1-4-20-14-8-11-6-7-17-16(3,10-15(19)21-5-2)12(11)9-13(14)18/h8-9,17-18H,4-7,10H2,1-3H3. The number of ether oxygens (including phenoxy) is 2. The van der Waals surface area contributed by atoms with Crippen LogP contribution < -0.4 is 10.1 Å². The van der Waals surface area contributed by atoms with Gasteiger partial charge in [-0.3, -0.25) is 4.79 Å². The number of hydrogen-bond acceptors (Lipinski definition) is 5. The Balaban J connectivity index is 2.34. The third-order valence-electron chi connectivity index (χ3n) is 3.79. The van der Waals surface area contributed by atoms with E-state index in [0.717, 1.165) is 24.1 Å². The zero-order chi connectivity index (χ0) is 15.5. The lowest BCUT2D eigenvalue weighted by molar-refractivity contribution is -0.144. The lowest BCUT2D eigenvalue weighted by atomic mass is 9.81. The van der Waals surface area contributed by atoms with E-state index in [1.807, 2.05) is 19.9 Å². The van der Waals surface area contributed by atoms with Crippen molar-refractivity contribution in [1.29, 1.82) is 0 Å². The van der Waals surface area contributed by atoms with Crippen LogP contribution in [0.2, 0.25) is 0 Å². The monoisotopic (exact) mass is 293 g/mol. The summed E-state index contributed by atoms with van der Waals surface area (Å²) in [6, 6.07) is 3.57. The topological polar surface area (TPSA) is 67.8 Å². The SMILES string of the molecule is CCOC(=O)CC1(C)NCCc2cc(OCC)c(O)cc21. The van der Waals surface area contributed by atoms with E-state index in [0.29, 0.717) is 19.0 Å². The minimum absolute atomic E-state index is 0.106. The quantitative estimate of drug-likeness (QED) is 0.814. The van der Waals surface area contributed by atoms with E-state index in [9.17, 15) is 9.90 Å². The highest BCUT2D eigenvalue weighted by Crippen LogP contribution is 2.38. The lowest BCUT2D eigenvalue weighted by Gasteiger charge is -2.37. The van der Waals surface area contributed by atoms with Crippen LogP contribution in [-0.2, 0) is 21.5 Å². The minimum Gasteiger partial charge on any atom is -0.504 e. The Labute approximate surface area is 125 Å². The molecule has 1 aliphatic rings. The van der Waals surface area contributed by atoms with Gasteiger partial charge < -0.3 is 19.9 Å². The molecule has 5 nitrogen and oxygen atoms in total. The van der Waals surface area contributed by atoms with E-state index in [4.69, 9.17) is 9.47 Å². The summed E-state index contributed by atoms with van der Waals surface area (Å²) < 4.78 is 10.5. The Bertz CT molecular complexity index is 529. The van der Waals surface area contributed by atoms with Crippen LogP contribution in [0.1, 0.15) is 38.3 Å². The lowest BCUT2D eigenvalue weighted by Crippen LogP contribution is -2.46. The third-order valence-corrected chi connectivity index (χ3v) is 3.79. The van der Waals surface area contributed by atoms with Gasteiger partial charge in [-0.1, -0.05) is 0 Å². The van der Waals surface area contributed by atoms with Crippen LogP contribution >= 0.6 is 0 Å². The number of phenols is 1. The fourth-order valence-corrected chi connectivity index (χ4v) is 2.83. The highest BCUT2D eigenvalue weighted by Gasteiger charge is 2.35. The molecule has 2 N–H and O–H groups in total. The summed E-state index contributed by atoms with van der Waals surface area (Å²) in [6.45, 7) is 7.29. The van der Waals surface area contributed by atoms with Crippen molar-refractivity contribution in [2.24, 2.45) is 0 Å². The molecule has 1 heterocycles. The number of nitrogens with one attached hydrogen (secondary N) is 1. The first-order chi connectivity index (χ1) is 10.00. The van der Waals surface area contributed by atoms with Crippen LogP contribution in [0.4, 0.5) is 0 Å².